The van der Waals surface area contributed by atoms with E-state index in [0.717, 1.165) is 29.0 Å². The maximum atomic E-state index is 12.3. The van der Waals surface area contributed by atoms with Gasteiger partial charge in [0, 0.05) is 11.7 Å². The molecule has 0 saturated heterocycles. The fourth-order valence-electron chi connectivity index (χ4n) is 2.70. The van der Waals surface area contributed by atoms with Crippen LogP contribution in [0, 0.1) is 0 Å². The fourth-order valence-corrected chi connectivity index (χ4v) is 2.70. The lowest BCUT2D eigenvalue weighted by Gasteiger charge is -2.17. The Labute approximate surface area is 144 Å². The van der Waals surface area contributed by atoms with Crippen LogP contribution in [0.15, 0.2) is 48.5 Å². The van der Waals surface area contributed by atoms with E-state index in [4.69, 9.17) is 4.74 Å². The first kappa shape index (κ1) is 17.9. The summed E-state index contributed by atoms with van der Waals surface area (Å²) in [6.07, 6.45) is 0.746. The summed E-state index contributed by atoms with van der Waals surface area (Å²) in [7, 11) is 1.65. The van der Waals surface area contributed by atoms with E-state index in [2.05, 4.69) is 24.5 Å². The highest BCUT2D eigenvalue weighted by molar-refractivity contribution is 5.90. The summed E-state index contributed by atoms with van der Waals surface area (Å²) in [5, 5.41) is 5.95. The Hall–Kier alpha value is -2.49. The van der Waals surface area contributed by atoms with Crippen molar-refractivity contribution in [3.8, 4) is 5.75 Å². The second kappa shape index (κ2) is 8.39. The lowest BCUT2D eigenvalue weighted by atomic mass is 10.0. The minimum Gasteiger partial charge on any atom is -0.497 e. The molecular formula is C20H26N2O2. The molecule has 0 bridgehead atoms. The van der Waals surface area contributed by atoms with Crippen molar-refractivity contribution in [2.24, 2.45) is 0 Å². The number of ether oxygens (including phenoxy) is 1. The van der Waals surface area contributed by atoms with Crippen LogP contribution in [0.5, 0.6) is 5.75 Å². The van der Waals surface area contributed by atoms with E-state index in [1.54, 1.807) is 7.11 Å². The van der Waals surface area contributed by atoms with Crippen LogP contribution in [0.2, 0.25) is 0 Å². The molecule has 0 aliphatic carbocycles. The SMILES string of the molecule is COc1cccc(CC(C)NC(=O)Nc2ccccc2C(C)C)c1. The van der Waals surface area contributed by atoms with Gasteiger partial charge in [-0.2, -0.15) is 0 Å². The van der Waals surface area contributed by atoms with Crippen LogP contribution in [0.1, 0.15) is 37.8 Å². The highest BCUT2D eigenvalue weighted by atomic mass is 16.5. The van der Waals surface area contributed by atoms with Crippen LogP contribution >= 0.6 is 0 Å². The molecule has 0 aromatic heterocycles. The van der Waals surface area contributed by atoms with Crippen molar-refractivity contribution in [2.75, 3.05) is 12.4 Å². The number of rotatable bonds is 6. The Bertz CT molecular complexity index is 683. The highest BCUT2D eigenvalue weighted by Gasteiger charge is 2.12. The topological polar surface area (TPSA) is 50.4 Å². The first-order valence-corrected chi connectivity index (χ1v) is 8.29. The van der Waals surface area contributed by atoms with Crippen molar-refractivity contribution < 1.29 is 9.53 Å². The molecule has 1 atom stereocenters. The second-order valence-electron chi connectivity index (χ2n) is 6.30. The lowest BCUT2D eigenvalue weighted by molar-refractivity contribution is 0.249. The van der Waals surface area contributed by atoms with Crippen molar-refractivity contribution in [1.82, 2.24) is 5.32 Å². The summed E-state index contributed by atoms with van der Waals surface area (Å²) < 4.78 is 5.23. The van der Waals surface area contributed by atoms with Gasteiger partial charge in [0.15, 0.2) is 0 Å². The number of nitrogens with one attached hydrogen (secondary N) is 2. The molecule has 0 saturated carbocycles. The Morgan fingerprint density at radius 2 is 1.83 bits per heavy atom. The molecule has 128 valence electrons. The van der Waals surface area contributed by atoms with Crippen molar-refractivity contribution in [1.29, 1.82) is 0 Å². The Morgan fingerprint density at radius 1 is 1.08 bits per heavy atom. The third kappa shape index (κ3) is 5.01. The minimum absolute atomic E-state index is 0.0170. The van der Waals surface area contributed by atoms with Gasteiger partial charge in [-0.15, -0.1) is 0 Å². The van der Waals surface area contributed by atoms with Gasteiger partial charge in [0.25, 0.3) is 0 Å². The maximum absolute atomic E-state index is 12.3. The third-order valence-electron chi connectivity index (χ3n) is 3.88. The van der Waals surface area contributed by atoms with Gasteiger partial charge in [0.2, 0.25) is 0 Å². The Balaban J connectivity index is 1.94. The van der Waals surface area contributed by atoms with E-state index in [1.807, 2.05) is 55.5 Å². The van der Waals surface area contributed by atoms with Crippen molar-refractivity contribution in [3.63, 3.8) is 0 Å². The third-order valence-corrected chi connectivity index (χ3v) is 3.88. The first-order valence-electron chi connectivity index (χ1n) is 8.29. The molecule has 2 rings (SSSR count). The van der Waals surface area contributed by atoms with Gasteiger partial charge in [-0.25, -0.2) is 4.79 Å². The molecule has 2 amide bonds. The zero-order chi connectivity index (χ0) is 17.5. The number of benzene rings is 2. The summed E-state index contributed by atoms with van der Waals surface area (Å²) in [5.41, 5.74) is 3.12. The average Bonchev–Trinajstić information content (AvgIpc) is 2.55. The quantitative estimate of drug-likeness (QED) is 0.817. The number of anilines is 1. The number of amides is 2. The standard InChI is InChI=1S/C20H26N2O2/c1-14(2)18-10-5-6-11-19(18)22-20(23)21-15(3)12-16-8-7-9-17(13-16)24-4/h5-11,13-15H,12H2,1-4H3,(H2,21,22,23). The van der Waals surface area contributed by atoms with Gasteiger partial charge in [-0.1, -0.05) is 44.2 Å². The summed E-state index contributed by atoms with van der Waals surface area (Å²) in [6.45, 7) is 6.22. The normalized spacial score (nSPS) is 11.9. The van der Waals surface area contributed by atoms with Crippen molar-refractivity contribution in [2.45, 2.75) is 39.2 Å². The predicted octanol–water partition coefficient (Wildman–Crippen LogP) is 4.57. The molecule has 0 fully saturated rings. The maximum Gasteiger partial charge on any atom is 0.319 e. The van der Waals surface area contributed by atoms with E-state index in [-0.39, 0.29) is 12.1 Å². The fraction of sp³-hybridized carbons (Fsp3) is 0.350. The van der Waals surface area contributed by atoms with Crippen LogP contribution in [0.4, 0.5) is 10.5 Å². The van der Waals surface area contributed by atoms with Gasteiger partial charge in [-0.3, -0.25) is 0 Å². The largest absolute Gasteiger partial charge is 0.497 e. The zero-order valence-electron chi connectivity index (χ0n) is 14.8. The van der Waals surface area contributed by atoms with Crippen LogP contribution in [0.25, 0.3) is 0 Å². The molecule has 0 heterocycles. The van der Waals surface area contributed by atoms with E-state index in [0.29, 0.717) is 5.92 Å². The van der Waals surface area contributed by atoms with Crippen LogP contribution in [-0.4, -0.2) is 19.2 Å². The molecule has 2 aromatic carbocycles. The lowest BCUT2D eigenvalue weighted by Crippen LogP contribution is -2.37. The first-order chi connectivity index (χ1) is 11.5. The number of hydrogen-bond donors (Lipinski definition) is 2. The van der Waals surface area contributed by atoms with Crippen LogP contribution in [0.3, 0.4) is 0 Å². The smallest absolute Gasteiger partial charge is 0.319 e. The van der Waals surface area contributed by atoms with Crippen molar-refractivity contribution in [3.05, 3.63) is 59.7 Å². The van der Waals surface area contributed by atoms with Crippen LogP contribution < -0.4 is 15.4 Å². The van der Waals surface area contributed by atoms with E-state index < -0.39 is 0 Å². The summed E-state index contributed by atoms with van der Waals surface area (Å²) in [4.78, 5) is 12.3. The molecular weight excluding hydrogens is 300 g/mol. The Morgan fingerprint density at radius 3 is 2.54 bits per heavy atom. The predicted molar refractivity (Wildman–Crippen MR) is 98.8 cm³/mol. The Kier molecular flexibility index (Phi) is 6.24. The molecule has 2 aromatic rings. The second-order valence-corrected chi connectivity index (χ2v) is 6.30. The minimum atomic E-state index is -0.182. The van der Waals surface area contributed by atoms with Gasteiger partial charge >= 0.3 is 6.03 Å². The summed E-state index contributed by atoms with van der Waals surface area (Å²) in [5.74, 6) is 1.19. The molecule has 1 unspecified atom stereocenters. The molecule has 24 heavy (non-hydrogen) atoms. The number of urea groups is 1. The van der Waals surface area contributed by atoms with Crippen molar-refractivity contribution >= 4 is 11.7 Å². The summed E-state index contributed by atoms with van der Waals surface area (Å²) in [6, 6.07) is 15.6. The molecule has 0 spiro atoms. The molecule has 0 aliphatic heterocycles. The highest BCUT2D eigenvalue weighted by Crippen LogP contribution is 2.23. The number of methoxy groups -OCH3 is 1. The molecule has 2 N–H and O–H groups in total. The number of carbonyl (C=O) groups is 1. The monoisotopic (exact) mass is 326 g/mol. The number of hydrogen-bond acceptors (Lipinski definition) is 2. The van der Waals surface area contributed by atoms with Gasteiger partial charge in [-0.05, 0) is 48.6 Å². The van der Waals surface area contributed by atoms with Gasteiger partial charge in [0.1, 0.15) is 5.75 Å². The van der Waals surface area contributed by atoms with E-state index >= 15 is 0 Å². The average molecular weight is 326 g/mol. The van der Waals surface area contributed by atoms with E-state index in [9.17, 15) is 4.79 Å². The van der Waals surface area contributed by atoms with E-state index in [1.165, 1.54) is 0 Å². The molecule has 0 radical (unpaired) electrons. The molecule has 0 aliphatic rings. The zero-order valence-corrected chi connectivity index (χ0v) is 14.8. The summed E-state index contributed by atoms with van der Waals surface area (Å²) >= 11 is 0. The molecule has 4 nitrogen and oxygen atoms in total. The number of carbonyl (C=O) groups excluding carboxylic acids is 1. The van der Waals surface area contributed by atoms with Gasteiger partial charge in [0.05, 0.1) is 7.11 Å². The molecule has 4 heteroatoms. The van der Waals surface area contributed by atoms with Crippen LogP contribution in [-0.2, 0) is 6.42 Å². The number of para-hydroxylation sites is 1. The van der Waals surface area contributed by atoms with Gasteiger partial charge < -0.3 is 15.4 Å².